The average Bonchev–Trinajstić information content (AvgIpc) is 2.97. The van der Waals surface area contributed by atoms with Gasteiger partial charge in [-0.05, 0) is 56.6 Å². The van der Waals surface area contributed by atoms with Crippen LogP contribution in [0.15, 0.2) is 29.3 Å². The quantitative estimate of drug-likeness (QED) is 0.222. The van der Waals surface area contributed by atoms with E-state index in [0.717, 1.165) is 31.2 Å². The van der Waals surface area contributed by atoms with E-state index in [9.17, 15) is 0 Å². The third-order valence-corrected chi connectivity index (χ3v) is 4.81. The van der Waals surface area contributed by atoms with Gasteiger partial charge in [0, 0.05) is 27.2 Å². The SMILES string of the molecule is CN=C(NCCCN1CCCCCC1)NCc1ccc(OCCOC)cc1.I. The number of aliphatic imine (C=N–C) groups is 1. The number of hydrogen-bond donors (Lipinski definition) is 2. The van der Waals surface area contributed by atoms with E-state index in [1.54, 1.807) is 7.11 Å². The van der Waals surface area contributed by atoms with Crippen LogP contribution in [0.1, 0.15) is 37.7 Å². The average molecular weight is 504 g/mol. The zero-order valence-corrected chi connectivity index (χ0v) is 19.7. The molecular weight excluding hydrogens is 467 g/mol. The molecule has 1 saturated heterocycles. The highest BCUT2D eigenvalue weighted by Gasteiger charge is 2.08. The van der Waals surface area contributed by atoms with Crippen molar-refractivity contribution in [1.82, 2.24) is 15.5 Å². The van der Waals surface area contributed by atoms with Gasteiger partial charge < -0.3 is 25.0 Å². The van der Waals surface area contributed by atoms with E-state index in [-0.39, 0.29) is 24.0 Å². The Morgan fingerprint density at radius 1 is 1.04 bits per heavy atom. The number of hydrogen-bond acceptors (Lipinski definition) is 4. The van der Waals surface area contributed by atoms with Crippen molar-refractivity contribution >= 4 is 29.9 Å². The van der Waals surface area contributed by atoms with Crippen LogP contribution >= 0.6 is 24.0 Å². The normalized spacial score (nSPS) is 15.4. The van der Waals surface area contributed by atoms with Crippen molar-refractivity contribution in [3.05, 3.63) is 29.8 Å². The fraction of sp³-hybridized carbons (Fsp3) is 0.667. The second-order valence-electron chi connectivity index (χ2n) is 6.95. The molecule has 1 fully saturated rings. The van der Waals surface area contributed by atoms with E-state index in [2.05, 4.69) is 32.7 Å². The molecule has 0 radical (unpaired) electrons. The maximum Gasteiger partial charge on any atom is 0.191 e. The molecule has 0 atom stereocenters. The minimum absolute atomic E-state index is 0. The summed E-state index contributed by atoms with van der Waals surface area (Å²) < 4.78 is 10.6. The number of likely N-dealkylation sites (tertiary alicyclic amines) is 1. The van der Waals surface area contributed by atoms with Crippen molar-refractivity contribution < 1.29 is 9.47 Å². The third-order valence-electron chi connectivity index (χ3n) is 4.81. The zero-order valence-electron chi connectivity index (χ0n) is 17.4. The summed E-state index contributed by atoms with van der Waals surface area (Å²) in [5, 5.41) is 6.78. The van der Waals surface area contributed by atoms with Crippen LogP contribution in [0.5, 0.6) is 5.75 Å². The van der Waals surface area contributed by atoms with Crippen LogP contribution in [0.3, 0.4) is 0 Å². The molecule has 6 nitrogen and oxygen atoms in total. The molecule has 0 aliphatic carbocycles. The number of nitrogens with zero attached hydrogens (tertiary/aromatic N) is 2. The van der Waals surface area contributed by atoms with E-state index < -0.39 is 0 Å². The van der Waals surface area contributed by atoms with Crippen molar-refractivity contribution in [2.75, 3.05) is 53.6 Å². The van der Waals surface area contributed by atoms with Crippen molar-refractivity contribution in [2.24, 2.45) is 4.99 Å². The number of benzene rings is 1. The molecule has 0 aromatic heterocycles. The first-order chi connectivity index (χ1) is 13.3. The van der Waals surface area contributed by atoms with Crippen molar-refractivity contribution in [2.45, 2.75) is 38.6 Å². The highest BCUT2D eigenvalue weighted by atomic mass is 127. The minimum Gasteiger partial charge on any atom is -0.491 e. The lowest BCUT2D eigenvalue weighted by Gasteiger charge is -2.20. The Morgan fingerprint density at radius 2 is 1.75 bits per heavy atom. The van der Waals surface area contributed by atoms with Crippen LogP contribution in [0.25, 0.3) is 0 Å². The number of rotatable bonds is 10. The zero-order chi connectivity index (χ0) is 19.2. The van der Waals surface area contributed by atoms with E-state index in [4.69, 9.17) is 9.47 Å². The van der Waals surface area contributed by atoms with Crippen molar-refractivity contribution in [1.29, 1.82) is 0 Å². The summed E-state index contributed by atoms with van der Waals surface area (Å²) in [6, 6.07) is 8.12. The Morgan fingerprint density at radius 3 is 2.39 bits per heavy atom. The number of halogens is 1. The number of guanidine groups is 1. The van der Waals surface area contributed by atoms with Crippen LogP contribution in [0.4, 0.5) is 0 Å². The molecule has 0 saturated carbocycles. The molecule has 0 bridgehead atoms. The largest absolute Gasteiger partial charge is 0.491 e. The van der Waals surface area contributed by atoms with Crippen LogP contribution < -0.4 is 15.4 Å². The molecule has 0 amide bonds. The maximum atomic E-state index is 5.59. The van der Waals surface area contributed by atoms with Gasteiger partial charge in [0.2, 0.25) is 0 Å². The van der Waals surface area contributed by atoms with E-state index in [1.165, 1.54) is 50.9 Å². The molecule has 160 valence electrons. The predicted molar refractivity (Wildman–Crippen MR) is 127 cm³/mol. The molecule has 1 aliphatic rings. The Hall–Kier alpha value is -1.06. The van der Waals surface area contributed by atoms with E-state index >= 15 is 0 Å². The monoisotopic (exact) mass is 504 g/mol. The fourth-order valence-electron chi connectivity index (χ4n) is 3.22. The third kappa shape index (κ3) is 10.5. The smallest absolute Gasteiger partial charge is 0.191 e. The molecule has 0 spiro atoms. The summed E-state index contributed by atoms with van der Waals surface area (Å²) in [7, 11) is 3.49. The molecule has 1 aromatic carbocycles. The molecule has 7 heteroatoms. The molecule has 0 unspecified atom stereocenters. The fourth-order valence-corrected chi connectivity index (χ4v) is 3.22. The number of nitrogens with one attached hydrogen (secondary N) is 2. The van der Waals surface area contributed by atoms with Gasteiger partial charge in [0.25, 0.3) is 0 Å². The maximum absolute atomic E-state index is 5.59. The van der Waals surface area contributed by atoms with E-state index in [1.807, 2.05) is 19.2 Å². The van der Waals surface area contributed by atoms with Gasteiger partial charge in [-0.3, -0.25) is 4.99 Å². The molecule has 1 heterocycles. The Labute approximate surface area is 187 Å². The Kier molecular flexibility index (Phi) is 14.1. The lowest BCUT2D eigenvalue weighted by atomic mass is 10.2. The van der Waals surface area contributed by atoms with Crippen LogP contribution in [0, 0.1) is 0 Å². The summed E-state index contributed by atoms with van der Waals surface area (Å²) in [5.41, 5.74) is 1.20. The predicted octanol–water partition coefficient (Wildman–Crippen LogP) is 3.26. The Bertz CT molecular complexity index is 532. The number of ether oxygens (including phenoxy) is 2. The van der Waals surface area contributed by atoms with Gasteiger partial charge in [0.1, 0.15) is 12.4 Å². The first kappa shape index (κ1) is 25.0. The molecule has 1 aliphatic heterocycles. The van der Waals surface area contributed by atoms with Crippen LogP contribution in [-0.4, -0.2) is 64.4 Å². The van der Waals surface area contributed by atoms with Gasteiger partial charge in [0.05, 0.1) is 6.61 Å². The van der Waals surface area contributed by atoms with Gasteiger partial charge in [-0.2, -0.15) is 0 Å². The lowest BCUT2D eigenvalue weighted by molar-refractivity contribution is 0.146. The molecule has 2 N–H and O–H groups in total. The molecule has 2 rings (SSSR count). The minimum atomic E-state index is 0. The van der Waals surface area contributed by atoms with Gasteiger partial charge >= 0.3 is 0 Å². The molecular formula is C21H37IN4O2. The van der Waals surface area contributed by atoms with Crippen LogP contribution in [0.2, 0.25) is 0 Å². The van der Waals surface area contributed by atoms with Crippen LogP contribution in [-0.2, 0) is 11.3 Å². The molecule has 28 heavy (non-hydrogen) atoms. The first-order valence-electron chi connectivity index (χ1n) is 10.2. The standard InChI is InChI=1S/C21H36N4O2.HI/c1-22-21(23-12-7-15-25-13-5-3-4-6-14-25)24-18-19-8-10-20(11-9-19)27-17-16-26-2;/h8-11H,3-7,12-18H2,1-2H3,(H2,22,23,24);1H. The Balaban J connectivity index is 0.00000392. The number of methoxy groups -OCH3 is 1. The van der Waals surface area contributed by atoms with Crippen molar-refractivity contribution in [3.8, 4) is 5.75 Å². The summed E-state index contributed by atoms with van der Waals surface area (Å²) >= 11 is 0. The van der Waals surface area contributed by atoms with Gasteiger partial charge in [-0.15, -0.1) is 24.0 Å². The highest BCUT2D eigenvalue weighted by Crippen LogP contribution is 2.12. The second kappa shape index (κ2) is 15.8. The van der Waals surface area contributed by atoms with Gasteiger partial charge in [-0.25, -0.2) is 0 Å². The summed E-state index contributed by atoms with van der Waals surface area (Å²) in [6.07, 6.45) is 6.64. The summed E-state index contributed by atoms with van der Waals surface area (Å²) in [6.45, 7) is 6.56. The molecule has 1 aromatic rings. The lowest BCUT2D eigenvalue weighted by Crippen LogP contribution is -2.38. The first-order valence-corrected chi connectivity index (χ1v) is 10.2. The highest BCUT2D eigenvalue weighted by molar-refractivity contribution is 14.0. The van der Waals surface area contributed by atoms with Crippen molar-refractivity contribution in [3.63, 3.8) is 0 Å². The van der Waals surface area contributed by atoms with Gasteiger partial charge in [0.15, 0.2) is 5.96 Å². The summed E-state index contributed by atoms with van der Waals surface area (Å²) in [4.78, 5) is 6.91. The topological polar surface area (TPSA) is 58.1 Å². The second-order valence-corrected chi connectivity index (χ2v) is 6.95. The summed E-state index contributed by atoms with van der Waals surface area (Å²) in [5.74, 6) is 1.72. The van der Waals surface area contributed by atoms with E-state index in [0.29, 0.717) is 13.2 Å². The van der Waals surface area contributed by atoms with Gasteiger partial charge in [-0.1, -0.05) is 25.0 Å².